The first-order chi connectivity index (χ1) is 8.75. The van der Waals surface area contributed by atoms with Crippen LogP contribution in [0.3, 0.4) is 0 Å². The van der Waals surface area contributed by atoms with E-state index in [1.165, 1.54) is 0 Å². The highest BCUT2D eigenvalue weighted by Gasteiger charge is 2.13. The van der Waals surface area contributed by atoms with E-state index in [0.717, 1.165) is 5.56 Å². The molecule has 1 atom stereocenters. The molecule has 3 N–H and O–H groups in total. The molecule has 0 saturated carbocycles. The SMILES string of the molecule is N[C@H](Cc1ccccc1)C(=O)Nc1cccnc1. The third-order valence-corrected chi connectivity index (χ3v) is 2.56. The van der Waals surface area contributed by atoms with Crippen molar-refractivity contribution in [2.24, 2.45) is 5.73 Å². The Hall–Kier alpha value is -2.20. The maximum Gasteiger partial charge on any atom is 0.241 e. The number of rotatable bonds is 4. The summed E-state index contributed by atoms with van der Waals surface area (Å²) in [7, 11) is 0. The Kier molecular flexibility index (Phi) is 4.04. The van der Waals surface area contributed by atoms with E-state index in [-0.39, 0.29) is 5.91 Å². The summed E-state index contributed by atoms with van der Waals surface area (Å²) in [6.07, 6.45) is 3.76. The molecule has 92 valence electrons. The summed E-state index contributed by atoms with van der Waals surface area (Å²) >= 11 is 0. The fourth-order valence-electron chi connectivity index (χ4n) is 1.63. The number of hydrogen-bond donors (Lipinski definition) is 2. The zero-order valence-electron chi connectivity index (χ0n) is 9.91. The zero-order chi connectivity index (χ0) is 12.8. The average Bonchev–Trinajstić information content (AvgIpc) is 2.41. The van der Waals surface area contributed by atoms with Crippen molar-refractivity contribution < 1.29 is 4.79 Å². The number of amides is 1. The molecule has 1 heterocycles. The zero-order valence-corrected chi connectivity index (χ0v) is 9.91. The summed E-state index contributed by atoms with van der Waals surface area (Å²) in [5.41, 5.74) is 7.57. The van der Waals surface area contributed by atoms with Crippen LogP contribution in [-0.2, 0) is 11.2 Å². The van der Waals surface area contributed by atoms with Gasteiger partial charge in [0, 0.05) is 6.20 Å². The van der Waals surface area contributed by atoms with Crippen LogP contribution in [0.25, 0.3) is 0 Å². The molecule has 0 aliphatic heterocycles. The Labute approximate surface area is 106 Å². The highest BCUT2D eigenvalue weighted by molar-refractivity contribution is 5.94. The topological polar surface area (TPSA) is 68.0 Å². The monoisotopic (exact) mass is 241 g/mol. The van der Waals surface area contributed by atoms with Crippen molar-refractivity contribution in [2.75, 3.05) is 5.32 Å². The number of anilines is 1. The van der Waals surface area contributed by atoms with E-state index in [0.29, 0.717) is 12.1 Å². The van der Waals surface area contributed by atoms with Crippen LogP contribution in [0.15, 0.2) is 54.9 Å². The summed E-state index contributed by atoms with van der Waals surface area (Å²) in [5.74, 6) is -0.202. The van der Waals surface area contributed by atoms with Gasteiger partial charge in [0.05, 0.1) is 17.9 Å². The quantitative estimate of drug-likeness (QED) is 0.854. The first kappa shape index (κ1) is 12.3. The fourth-order valence-corrected chi connectivity index (χ4v) is 1.63. The van der Waals surface area contributed by atoms with Gasteiger partial charge in [0.15, 0.2) is 0 Å². The Morgan fingerprint density at radius 1 is 1.22 bits per heavy atom. The van der Waals surface area contributed by atoms with Crippen LogP contribution in [0.4, 0.5) is 5.69 Å². The molecule has 0 fully saturated rings. The van der Waals surface area contributed by atoms with E-state index in [9.17, 15) is 4.79 Å². The molecular weight excluding hydrogens is 226 g/mol. The molecule has 1 amide bonds. The van der Waals surface area contributed by atoms with Crippen LogP contribution < -0.4 is 11.1 Å². The van der Waals surface area contributed by atoms with Crippen molar-refractivity contribution in [3.63, 3.8) is 0 Å². The second-order valence-electron chi connectivity index (χ2n) is 4.03. The van der Waals surface area contributed by atoms with E-state index in [1.807, 2.05) is 30.3 Å². The lowest BCUT2D eigenvalue weighted by Gasteiger charge is -2.12. The lowest BCUT2D eigenvalue weighted by atomic mass is 10.1. The Bertz CT molecular complexity index is 499. The molecule has 4 heteroatoms. The maximum atomic E-state index is 11.9. The van der Waals surface area contributed by atoms with Gasteiger partial charge in [0.25, 0.3) is 0 Å². The molecule has 0 unspecified atom stereocenters. The second-order valence-corrected chi connectivity index (χ2v) is 4.03. The molecular formula is C14H15N3O. The molecule has 2 aromatic rings. The molecule has 1 aromatic heterocycles. The van der Waals surface area contributed by atoms with Gasteiger partial charge in [-0.05, 0) is 24.1 Å². The van der Waals surface area contributed by atoms with Gasteiger partial charge in [-0.25, -0.2) is 0 Å². The van der Waals surface area contributed by atoms with E-state index < -0.39 is 6.04 Å². The highest BCUT2D eigenvalue weighted by Crippen LogP contribution is 2.06. The molecule has 0 aliphatic carbocycles. The predicted molar refractivity (Wildman–Crippen MR) is 71.0 cm³/mol. The molecule has 0 aliphatic rings. The van der Waals surface area contributed by atoms with E-state index >= 15 is 0 Å². The standard InChI is InChI=1S/C14H15N3O/c15-13(9-11-5-2-1-3-6-11)14(18)17-12-7-4-8-16-10-12/h1-8,10,13H,9,15H2,(H,17,18)/t13-/m1/s1. The van der Waals surface area contributed by atoms with Crippen LogP contribution in [0.5, 0.6) is 0 Å². The molecule has 0 radical (unpaired) electrons. The van der Waals surface area contributed by atoms with Crippen LogP contribution in [0.1, 0.15) is 5.56 Å². The number of carbonyl (C=O) groups excluding carboxylic acids is 1. The van der Waals surface area contributed by atoms with Crippen LogP contribution >= 0.6 is 0 Å². The maximum absolute atomic E-state index is 11.9. The normalized spacial score (nSPS) is 11.8. The largest absolute Gasteiger partial charge is 0.323 e. The fraction of sp³-hybridized carbons (Fsp3) is 0.143. The van der Waals surface area contributed by atoms with Gasteiger partial charge >= 0.3 is 0 Å². The first-order valence-electron chi connectivity index (χ1n) is 5.76. The molecule has 0 saturated heterocycles. The van der Waals surface area contributed by atoms with Gasteiger partial charge in [-0.1, -0.05) is 30.3 Å². The van der Waals surface area contributed by atoms with Gasteiger partial charge in [0.1, 0.15) is 0 Å². The second kappa shape index (κ2) is 5.93. The lowest BCUT2D eigenvalue weighted by molar-refractivity contribution is -0.117. The summed E-state index contributed by atoms with van der Waals surface area (Å²) in [6.45, 7) is 0. The summed E-state index contributed by atoms with van der Waals surface area (Å²) in [5, 5.41) is 2.74. The molecule has 2 rings (SSSR count). The van der Waals surface area contributed by atoms with Gasteiger partial charge in [-0.3, -0.25) is 9.78 Å². The molecule has 0 spiro atoms. The first-order valence-corrected chi connectivity index (χ1v) is 5.76. The van der Waals surface area contributed by atoms with E-state index in [2.05, 4.69) is 10.3 Å². The predicted octanol–water partition coefficient (Wildman–Crippen LogP) is 1.59. The van der Waals surface area contributed by atoms with Crippen molar-refractivity contribution in [1.29, 1.82) is 0 Å². The summed E-state index contributed by atoms with van der Waals surface area (Å²) in [6, 6.07) is 12.7. The summed E-state index contributed by atoms with van der Waals surface area (Å²) < 4.78 is 0. The third-order valence-electron chi connectivity index (χ3n) is 2.56. The molecule has 1 aromatic carbocycles. The molecule has 0 bridgehead atoms. The van der Waals surface area contributed by atoms with E-state index in [1.54, 1.807) is 24.5 Å². The van der Waals surface area contributed by atoms with Crippen molar-refractivity contribution >= 4 is 11.6 Å². The van der Waals surface area contributed by atoms with Crippen molar-refractivity contribution in [2.45, 2.75) is 12.5 Å². The highest BCUT2D eigenvalue weighted by atomic mass is 16.2. The number of carbonyl (C=O) groups is 1. The smallest absolute Gasteiger partial charge is 0.241 e. The molecule has 4 nitrogen and oxygen atoms in total. The number of nitrogens with zero attached hydrogens (tertiary/aromatic N) is 1. The minimum atomic E-state index is -0.562. The van der Waals surface area contributed by atoms with Crippen LogP contribution in [-0.4, -0.2) is 16.9 Å². The Balaban J connectivity index is 1.93. The van der Waals surface area contributed by atoms with Gasteiger partial charge < -0.3 is 11.1 Å². The Morgan fingerprint density at radius 2 is 2.00 bits per heavy atom. The number of nitrogens with two attached hydrogens (primary N) is 1. The number of aromatic nitrogens is 1. The van der Waals surface area contributed by atoms with E-state index in [4.69, 9.17) is 5.73 Å². The average molecular weight is 241 g/mol. The molecule has 18 heavy (non-hydrogen) atoms. The van der Waals surface area contributed by atoms with Gasteiger partial charge in [-0.15, -0.1) is 0 Å². The van der Waals surface area contributed by atoms with Crippen molar-refractivity contribution in [1.82, 2.24) is 4.98 Å². The minimum absolute atomic E-state index is 0.202. The lowest BCUT2D eigenvalue weighted by Crippen LogP contribution is -2.37. The minimum Gasteiger partial charge on any atom is -0.323 e. The van der Waals surface area contributed by atoms with Crippen molar-refractivity contribution in [3.8, 4) is 0 Å². The van der Waals surface area contributed by atoms with Crippen LogP contribution in [0.2, 0.25) is 0 Å². The third kappa shape index (κ3) is 3.40. The number of pyridine rings is 1. The van der Waals surface area contributed by atoms with Gasteiger partial charge in [-0.2, -0.15) is 0 Å². The Morgan fingerprint density at radius 3 is 2.67 bits per heavy atom. The van der Waals surface area contributed by atoms with Gasteiger partial charge in [0.2, 0.25) is 5.91 Å². The number of benzene rings is 1. The summed E-state index contributed by atoms with van der Waals surface area (Å²) in [4.78, 5) is 15.8. The number of hydrogen-bond acceptors (Lipinski definition) is 3. The van der Waals surface area contributed by atoms with Crippen LogP contribution in [0, 0.1) is 0 Å². The number of nitrogens with one attached hydrogen (secondary N) is 1. The van der Waals surface area contributed by atoms with Crippen molar-refractivity contribution in [3.05, 3.63) is 60.4 Å².